The van der Waals surface area contributed by atoms with Crippen molar-refractivity contribution in [3.05, 3.63) is 45.7 Å². The van der Waals surface area contributed by atoms with Crippen molar-refractivity contribution in [3.8, 4) is 0 Å². The summed E-state index contributed by atoms with van der Waals surface area (Å²) < 4.78 is 28.4. The third-order valence-electron chi connectivity index (χ3n) is 2.75. The van der Waals surface area contributed by atoms with E-state index in [0.717, 1.165) is 22.3 Å². The average molecular weight is 389 g/mol. The number of benzene rings is 1. The summed E-state index contributed by atoms with van der Waals surface area (Å²) in [6.45, 7) is 3.72. The van der Waals surface area contributed by atoms with Crippen LogP contribution in [0.5, 0.6) is 0 Å². The topological polar surface area (TPSA) is 58.2 Å². The minimum absolute atomic E-state index is 0.326. The highest BCUT2D eigenvalue weighted by Gasteiger charge is 2.17. The van der Waals surface area contributed by atoms with Crippen LogP contribution < -0.4 is 10.0 Å². The Morgan fingerprint density at radius 1 is 1.19 bits per heavy atom. The molecule has 1 aromatic carbocycles. The first-order valence-corrected chi connectivity index (χ1v) is 9.69. The summed E-state index contributed by atoms with van der Waals surface area (Å²) in [4.78, 5) is 1.01. The van der Waals surface area contributed by atoms with E-state index in [1.807, 2.05) is 12.1 Å². The molecule has 0 aliphatic rings. The van der Waals surface area contributed by atoms with Gasteiger partial charge in [0.25, 0.3) is 10.0 Å². The molecule has 114 valence electrons. The molecule has 4 nitrogen and oxygen atoms in total. The Kier molecular flexibility index (Phi) is 5.80. The van der Waals surface area contributed by atoms with E-state index in [4.69, 9.17) is 0 Å². The van der Waals surface area contributed by atoms with E-state index in [1.54, 1.807) is 24.3 Å². The molecule has 2 N–H and O–H groups in total. The molecule has 0 spiro atoms. The van der Waals surface area contributed by atoms with Gasteiger partial charge in [0.05, 0.1) is 5.69 Å². The third kappa shape index (κ3) is 4.54. The van der Waals surface area contributed by atoms with Crippen molar-refractivity contribution in [3.63, 3.8) is 0 Å². The summed E-state index contributed by atoms with van der Waals surface area (Å²) in [5.74, 6) is 0. The second-order valence-corrected chi connectivity index (χ2v) is 8.41. The molecule has 1 aromatic heterocycles. The zero-order valence-corrected chi connectivity index (χ0v) is 14.8. The van der Waals surface area contributed by atoms with E-state index in [1.165, 1.54) is 11.3 Å². The Bertz CT molecular complexity index is 699. The number of nitrogens with one attached hydrogen (secondary N) is 2. The smallest absolute Gasteiger partial charge is 0.271 e. The van der Waals surface area contributed by atoms with Crippen LogP contribution in [0.3, 0.4) is 0 Å². The minimum atomic E-state index is -3.53. The van der Waals surface area contributed by atoms with Crippen molar-refractivity contribution in [2.75, 3.05) is 11.3 Å². The summed E-state index contributed by atoms with van der Waals surface area (Å²) >= 11 is 4.62. The first kappa shape index (κ1) is 16.5. The maximum Gasteiger partial charge on any atom is 0.271 e. The van der Waals surface area contributed by atoms with Crippen molar-refractivity contribution < 1.29 is 8.42 Å². The highest BCUT2D eigenvalue weighted by atomic mass is 79.9. The van der Waals surface area contributed by atoms with Gasteiger partial charge in [-0.1, -0.05) is 19.1 Å². The van der Waals surface area contributed by atoms with Crippen LogP contribution in [0.4, 0.5) is 5.69 Å². The molecule has 0 saturated carbocycles. The van der Waals surface area contributed by atoms with Crippen LogP contribution in [0.15, 0.2) is 45.1 Å². The van der Waals surface area contributed by atoms with Crippen LogP contribution in [-0.2, 0) is 16.6 Å². The molecule has 0 fully saturated rings. The largest absolute Gasteiger partial charge is 0.312 e. The van der Waals surface area contributed by atoms with Gasteiger partial charge in [0.1, 0.15) is 4.21 Å². The van der Waals surface area contributed by atoms with Gasteiger partial charge < -0.3 is 5.32 Å². The van der Waals surface area contributed by atoms with Gasteiger partial charge in [-0.3, -0.25) is 4.72 Å². The first-order chi connectivity index (χ1) is 10.0. The summed E-state index contributed by atoms with van der Waals surface area (Å²) in [6.07, 6.45) is 1.06. The maximum absolute atomic E-state index is 12.4. The lowest BCUT2D eigenvalue weighted by molar-refractivity contribution is 0.603. The summed E-state index contributed by atoms with van der Waals surface area (Å²) in [6, 6.07) is 10.6. The molecule has 0 aliphatic heterocycles. The van der Waals surface area contributed by atoms with Crippen LogP contribution in [0.2, 0.25) is 0 Å². The molecule has 2 aromatic rings. The number of hydrogen-bond acceptors (Lipinski definition) is 4. The van der Waals surface area contributed by atoms with Gasteiger partial charge >= 0.3 is 0 Å². The number of hydrogen-bond donors (Lipinski definition) is 2. The molecule has 0 saturated heterocycles. The molecule has 0 unspecified atom stereocenters. The fourth-order valence-electron chi connectivity index (χ4n) is 1.73. The Labute approximate surface area is 137 Å². The van der Waals surface area contributed by atoms with Gasteiger partial charge in [-0.25, -0.2) is 8.42 Å². The van der Waals surface area contributed by atoms with Gasteiger partial charge in [0, 0.05) is 15.9 Å². The van der Waals surface area contributed by atoms with Crippen LogP contribution >= 0.6 is 27.3 Å². The number of rotatable bonds is 7. The second kappa shape index (κ2) is 7.40. The molecule has 0 bridgehead atoms. The molecule has 0 amide bonds. The average Bonchev–Trinajstić information content (AvgIpc) is 2.91. The van der Waals surface area contributed by atoms with E-state index < -0.39 is 10.0 Å². The lowest BCUT2D eigenvalue weighted by Gasteiger charge is -2.07. The number of anilines is 1. The monoisotopic (exact) mass is 388 g/mol. The van der Waals surface area contributed by atoms with Crippen molar-refractivity contribution in [1.82, 2.24) is 5.32 Å². The van der Waals surface area contributed by atoms with Gasteiger partial charge in [0.2, 0.25) is 0 Å². The van der Waals surface area contributed by atoms with E-state index in [-0.39, 0.29) is 0 Å². The minimum Gasteiger partial charge on any atom is -0.312 e. The van der Waals surface area contributed by atoms with Crippen molar-refractivity contribution >= 4 is 43.0 Å². The molecular formula is C14H17BrN2O2S2. The third-order valence-corrected chi connectivity index (χ3v) is 6.38. The molecule has 1 heterocycles. The Morgan fingerprint density at radius 3 is 2.67 bits per heavy atom. The molecule has 0 radical (unpaired) electrons. The van der Waals surface area contributed by atoms with Crippen LogP contribution in [-0.4, -0.2) is 15.0 Å². The Morgan fingerprint density at radius 2 is 1.95 bits per heavy atom. The number of para-hydroxylation sites is 1. The normalized spacial score (nSPS) is 11.5. The van der Waals surface area contributed by atoms with E-state index in [2.05, 4.69) is 32.9 Å². The molecular weight excluding hydrogens is 372 g/mol. The summed E-state index contributed by atoms with van der Waals surface area (Å²) in [7, 11) is -3.53. The van der Waals surface area contributed by atoms with Crippen molar-refractivity contribution in [2.45, 2.75) is 24.1 Å². The van der Waals surface area contributed by atoms with Gasteiger partial charge in [0.15, 0.2) is 0 Å². The summed E-state index contributed by atoms with van der Waals surface area (Å²) in [5.41, 5.74) is 0.538. The van der Waals surface area contributed by atoms with E-state index >= 15 is 0 Å². The lowest BCUT2D eigenvalue weighted by Crippen LogP contribution is -2.13. The standard InChI is InChI=1S/C14H17BrN2O2S2/c1-2-9-16-10-11-7-8-14(20-11)21(18,19)17-13-6-4-3-5-12(13)15/h3-8,16-17H,2,9-10H2,1H3. The predicted octanol–water partition coefficient (Wildman–Crippen LogP) is 3.81. The number of halogens is 1. The lowest BCUT2D eigenvalue weighted by atomic mass is 10.3. The first-order valence-electron chi connectivity index (χ1n) is 6.59. The molecule has 21 heavy (non-hydrogen) atoms. The van der Waals surface area contributed by atoms with Crippen LogP contribution in [0.25, 0.3) is 0 Å². The molecule has 0 aliphatic carbocycles. The molecule has 0 atom stereocenters. The SMILES string of the molecule is CCCNCc1ccc(S(=O)(=O)Nc2ccccc2Br)s1. The van der Waals surface area contributed by atoms with Crippen LogP contribution in [0, 0.1) is 0 Å². The Balaban J connectivity index is 2.11. The number of thiophene rings is 1. The zero-order valence-electron chi connectivity index (χ0n) is 11.6. The van der Waals surface area contributed by atoms with Crippen molar-refractivity contribution in [1.29, 1.82) is 0 Å². The quantitative estimate of drug-likeness (QED) is 0.708. The van der Waals surface area contributed by atoms with Crippen molar-refractivity contribution in [2.24, 2.45) is 0 Å². The predicted molar refractivity (Wildman–Crippen MR) is 91.3 cm³/mol. The highest BCUT2D eigenvalue weighted by molar-refractivity contribution is 9.10. The number of sulfonamides is 1. The molecule has 7 heteroatoms. The second-order valence-electron chi connectivity index (χ2n) is 4.48. The van der Waals surface area contributed by atoms with Gasteiger partial charge in [-0.05, 0) is 53.2 Å². The Hall–Kier alpha value is -0.890. The van der Waals surface area contributed by atoms with Crippen LogP contribution in [0.1, 0.15) is 18.2 Å². The van der Waals surface area contributed by atoms with Gasteiger partial charge in [-0.15, -0.1) is 11.3 Å². The maximum atomic E-state index is 12.4. The fraction of sp³-hybridized carbons (Fsp3) is 0.286. The summed E-state index contributed by atoms with van der Waals surface area (Å²) in [5, 5.41) is 3.26. The zero-order chi connectivity index (χ0) is 15.3. The van der Waals surface area contributed by atoms with E-state index in [9.17, 15) is 8.42 Å². The van der Waals surface area contributed by atoms with Gasteiger partial charge in [-0.2, -0.15) is 0 Å². The fourth-order valence-corrected chi connectivity index (χ4v) is 4.65. The van der Waals surface area contributed by atoms with E-state index in [0.29, 0.717) is 16.4 Å². The molecule has 2 rings (SSSR count). The highest BCUT2D eigenvalue weighted by Crippen LogP contribution is 2.27.